The normalized spacial score (nSPS) is 25.6. The Morgan fingerprint density at radius 2 is 1.77 bits per heavy atom. The zero-order valence-corrected chi connectivity index (χ0v) is 13.7. The number of rotatable bonds is 4. The average Bonchev–Trinajstić information content (AvgIpc) is 2.96. The third-order valence-corrected chi connectivity index (χ3v) is 5.25. The SMILES string of the molecule is CCC(C)N1CCN(C2CCN(c3ccccc3)C2=O)CC1. The number of nitrogens with zero attached hydrogens (tertiary/aromatic N) is 3. The predicted octanol–water partition coefficient (Wildman–Crippen LogP) is 2.21. The molecule has 2 aliphatic rings. The number of amides is 1. The highest BCUT2D eigenvalue weighted by molar-refractivity contribution is 5.99. The van der Waals surface area contributed by atoms with Crippen LogP contribution in [0.15, 0.2) is 30.3 Å². The molecule has 2 unspecified atom stereocenters. The number of hydrogen-bond donors (Lipinski definition) is 0. The number of piperazine rings is 1. The molecule has 3 rings (SSSR count). The maximum atomic E-state index is 12.7. The maximum absolute atomic E-state index is 12.7. The van der Waals surface area contributed by atoms with Gasteiger partial charge in [0, 0.05) is 44.5 Å². The van der Waals surface area contributed by atoms with Gasteiger partial charge in [-0.3, -0.25) is 14.6 Å². The summed E-state index contributed by atoms with van der Waals surface area (Å²) in [7, 11) is 0. The van der Waals surface area contributed by atoms with Crippen molar-refractivity contribution in [3.63, 3.8) is 0 Å². The van der Waals surface area contributed by atoms with E-state index in [4.69, 9.17) is 0 Å². The molecule has 0 saturated carbocycles. The minimum atomic E-state index is 0.0827. The molecular weight excluding hydrogens is 274 g/mol. The highest BCUT2D eigenvalue weighted by atomic mass is 16.2. The molecule has 2 heterocycles. The molecular formula is C18H27N3O. The van der Waals surface area contributed by atoms with Crippen molar-refractivity contribution in [3.8, 4) is 0 Å². The summed E-state index contributed by atoms with van der Waals surface area (Å²) in [6.45, 7) is 9.60. The second-order valence-electron chi connectivity index (χ2n) is 6.46. The molecule has 0 radical (unpaired) electrons. The van der Waals surface area contributed by atoms with Crippen LogP contribution in [0.2, 0.25) is 0 Å². The fraction of sp³-hybridized carbons (Fsp3) is 0.611. The fourth-order valence-corrected chi connectivity index (χ4v) is 3.62. The number of carbonyl (C=O) groups is 1. The van der Waals surface area contributed by atoms with Crippen molar-refractivity contribution in [1.29, 1.82) is 0 Å². The predicted molar refractivity (Wildman–Crippen MR) is 90.1 cm³/mol. The summed E-state index contributed by atoms with van der Waals surface area (Å²) in [4.78, 5) is 19.6. The van der Waals surface area contributed by atoms with Gasteiger partial charge in [-0.25, -0.2) is 0 Å². The molecule has 2 atom stereocenters. The molecule has 120 valence electrons. The zero-order chi connectivity index (χ0) is 15.5. The van der Waals surface area contributed by atoms with E-state index in [0.29, 0.717) is 6.04 Å². The minimum Gasteiger partial charge on any atom is -0.311 e. The molecule has 1 aromatic rings. The van der Waals surface area contributed by atoms with Gasteiger partial charge in [0.15, 0.2) is 0 Å². The van der Waals surface area contributed by atoms with Gasteiger partial charge in [-0.15, -0.1) is 0 Å². The lowest BCUT2D eigenvalue weighted by atomic mass is 10.1. The van der Waals surface area contributed by atoms with Crippen LogP contribution in [-0.4, -0.2) is 60.5 Å². The van der Waals surface area contributed by atoms with Gasteiger partial charge in [-0.2, -0.15) is 0 Å². The molecule has 0 aliphatic carbocycles. The highest BCUT2D eigenvalue weighted by Gasteiger charge is 2.37. The first-order valence-electron chi connectivity index (χ1n) is 8.55. The van der Waals surface area contributed by atoms with Crippen LogP contribution in [0.4, 0.5) is 5.69 Å². The number of para-hydroxylation sites is 1. The van der Waals surface area contributed by atoms with Crippen LogP contribution in [0, 0.1) is 0 Å². The first kappa shape index (κ1) is 15.5. The van der Waals surface area contributed by atoms with Gasteiger partial charge >= 0.3 is 0 Å². The summed E-state index contributed by atoms with van der Waals surface area (Å²) in [6.07, 6.45) is 2.15. The van der Waals surface area contributed by atoms with Crippen molar-refractivity contribution in [3.05, 3.63) is 30.3 Å². The zero-order valence-electron chi connectivity index (χ0n) is 13.7. The van der Waals surface area contributed by atoms with Crippen LogP contribution in [0.5, 0.6) is 0 Å². The summed E-state index contributed by atoms with van der Waals surface area (Å²) in [6, 6.07) is 10.8. The third kappa shape index (κ3) is 3.03. The van der Waals surface area contributed by atoms with E-state index >= 15 is 0 Å². The topological polar surface area (TPSA) is 26.8 Å². The van der Waals surface area contributed by atoms with Crippen molar-refractivity contribution >= 4 is 11.6 Å². The fourth-order valence-electron chi connectivity index (χ4n) is 3.62. The second kappa shape index (κ2) is 6.80. The minimum absolute atomic E-state index is 0.0827. The van der Waals surface area contributed by atoms with Gasteiger partial charge in [0.25, 0.3) is 0 Å². The van der Waals surface area contributed by atoms with Gasteiger partial charge in [0.05, 0.1) is 6.04 Å². The van der Waals surface area contributed by atoms with Crippen LogP contribution in [0.25, 0.3) is 0 Å². The van der Waals surface area contributed by atoms with Gasteiger partial charge in [0.2, 0.25) is 5.91 Å². The summed E-state index contributed by atoms with van der Waals surface area (Å²) in [5, 5.41) is 0. The van der Waals surface area contributed by atoms with E-state index in [-0.39, 0.29) is 11.9 Å². The van der Waals surface area contributed by atoms with Crippen molar-refractivity contribution in [1.82, 2.24) is 9.80 Å². The Balaban J connectivity index is 1.60. The molecule has 0 aromatic heterocycles. The number of benzene rings is 1. The molecule has 2 aliphatic heterocycles. The molecule has 1 aromatic carbocycles. The van der Waals surface area contributed by atoms with E-state index in [1.54, 1.807) is 0 Å². The Morgan fingerprint density at radius 1 is 1.09 bits per heavy atom. The van der Waals surface area contributed by atoms with E-state index in [9.17, 15) is 4.79 Å². The summed E-state index contributed by atoms with van der Waals surface area (Å²) in [5.41, 5.74) is 1.04. The Labute approximate surface area is 133 Å². The Morgan fingerprint density at radius 3 is 2.41 bits per heavy atom. The number of anilines is 1. The second-order valence-corrected chi connectivity index (χ2v) is 6.46. The molecule has 2 fully saturated rings. The van der Waals surface area contributed by atoms with E-state index in [0.717, 1.165) is 44.8 Å². The van der Waals surface area contributed by atoms with Crippen molar-refractivity contribution in [2.24, 2.45) is 0 Å². The average molecular weight is 301 g/mol. The Kier molecular flexibility index (Phi) is 4.79. The molecule has 4 heteroatoms. The standard InChI is InChI=1S/C18H27N3O/c1-3-15(2)19-11-13-20(14-12-19)17-9-10-21(18(17)22)16-7-5-4-6-8-16/h4-8,15,17H,3,9-14H2,1-2H3. The first-order valence-corrected chi connectivity index (χ1v) is 8.55. The summed E-state index contributed by atoms with van der Waals surface area (Å²) >= 11 is 0. The van der Waals surface area contributed by atoms with E-state index in [1.807, 2.05) is 35.2 Å². The Bertz CT molecular complexity index is 496. The number of carbonyl (C=O) groups excluding carboxylic acids is 1. The van der Waals surface area contributed by atoms with Gasteiger partial charge in [-0.1, -0.05) is 25.1 Å². The van der Waals surface area contributed by atoms with Crippen LogP contribution in [0.3, 0.4) is 0 Å². The molecule has 2 saturated heterocycles. The Hall–Kier alpha value is -1.39. The summed E-state index contributed by atoms with van der Waals surface area (Å²) in [5.74, 6) is 0.281. The van der Waals surface area contributed by atoms with E-state index in [2.05, 4.69) is 23.6 Å². The molecule has 0 bridgehead atoms. The van der Waals surface area contributed by atoms with Gasteiger partial charge in [-0.05, 0) is 31.9 Å². The molecule has 22 heavy (non-hydrogen) atoms. The largest absolute Gasteiger partial charge is 0.311 e. The van der Waals surface area contributed by atoms with Crippen molar-refractivity contribution in [2.45, 2.75) is 38.8 Å². The van der Waals surface area contributed by atoms with Crippen LogP contribution >= 0.6 is 0 Å². The van der Waals surface area contributed by atoms with Crippen LogP contribution in [0.1, 0.15) is 26.7 Å². The number of hydrogen-bond acceptors (Lipinski definition) is 3. The lowest BCUT2D eigenvalue weighted by Gasteiger charge is -2.39. The smallest absolute Gasteiger partial charge is 0.244 e. The van der Waals surface area contributed by atoms with E-state index in [1.165, 1.54) is 6.42 Å². The van der Waals surface area contributed by atoms with Crippen molar-refractivity contribution < 1.29 is 4.79 Å². The molecule has 4 nitrogen and oxygen atoms in total. The van der Waals surface area contributed by atoms with Crippen LogP contribution < -0.4 is 4.90 Å². The molecule has 1 amide bonds. The highest BCUT2D eigenvalue weighted by Crippen LogP contribution is 2.25. The maximum Gasteiger partial charge on any atom is 0.244 e. The van der Waals surface area contributed by atoms with E-state index < -0.39 is 0 Å². The van der Waals surface area contributed by atoms with Gasteiger partial charge < -0.3 is 4.90 Å². The molecule has 0 N–H and O–H groups in total. The quantitative estimate of drug-likeness (QED) is 0.853. The first-order chi connectivity index (χ1) is 10.7. The lowest BCUT2D eigenvalue weighted by molar-refractivity contribution is -0.122. The lowest BCUT2D eigenvalue weighted by Crippen LogP contribution is -2.54. The molecule has 0 spiro atoms. The van der Waals surface area contributed by atoms with Gasteiger partial charge in [0.1, 0.15) is 0 Å². The van der Waals surface area contributed by atoms with Crippen molar-refractivity contribution in [2.75, 3.05) is 37.6 Å². The van der Waals surface area contributed by atoms with Crippen LogP contribution in [-0.2, 0) is 4.79 Å². The third-order valence-electron chi connectivity index (χ3n) is 5.25. The summed E-state index contributed by atoms with van der Waals surface area (Å²) < 4.78 is 0. The monoisotopic (exact) mass is 301 g/mol.